The van der Waals surface area contributed by atoms with Crippen molar-refractivity contribution < 1.29 is 23.2 Å². The van der Waals surface area contributed by atoms with Gasteiger partial charge in [0, 0.05) is 29.9 Å². The number of pyridine rings is 1. The third-order valence-corrected chi connectivity index (χ3v) is 7.45. The van der Waals surface area contributed by atoms with E-state index in [1.54, 1.807) is 0 Å². The maximum absolute atomic E-state index is 14.2. The molecule has 11 heteroatoms. The van der Waals surface area contributed by atoms with Crippen molar-refractivity contribution in [2.75, 3.05) is 4.90 Å². The van der Waals surface area contributed by atoms with Gasteiger partial charge < -0.3 is 14.5 Å². The largest absolute Gasteiger partial charge is 0.493 e. The molecule has 37 heavy (non-hydrogen) atoms. The number of aromatic nitrogens is 4. The van der Waals surface area contributed by atoms with Crippen LogP contribution < -0.4 is 4.90 Å². The first-order chi connectivity index (χ1) is 17.8. The summed E-state index contributed by atoms with van der Waals surface area (Å²) in [6.45, 7) is 3.71. The Morgan fingerprint density at radius 1 is 1.14 bits per heavy atom. The van der Waals surface area contributed by atoms with E-state index in [1.165, 1.54) is 27.7 Å². The minimum Gasteiger partial charge on any atom is -0.493 e. The fourth-order valence-electron chi connectivity index (χ4n) is 5.02. The molecule has 0 saturated carbocycles. The molecule has 1 atom stereocenters. The molecule has 4 aromatic heterocycles. The number of rotatable bonds is 4. The Hall–Kier alpha value is -4.12. The van der Waals surface area contributed by atoms with Gasteiger partial charge in [0.1, 0.15) is 22.1 Å². The van der Waals surface area contributed by atoms with Crippen LogP contribution in [-0.2, 0) is 4.79 Å². The summed E-state index contributed by atoms with van der Waals surface area (Å²) in [5.74, 6) is -1.66. The number of halogens is 2. The molecule has 0 bridgehead atoms. The molecule has 8 nitrogen and oxygen atoms in total. The number of hydrogen-bond donors (Lipinski definition) is 1. The second-order valence-corrected chi connectivity index (χ2v) is 9.83. The number of benzene rings is 1. The number of amides is 1. The highest BCUT2D eigenvalue weighted by Crippen LogP contribution is 2.42. The van der Waals surface area contributed by atoms with E-state index < -0.39 is 17.7 Å². The van der Waals surface area contributed by atoms with Crippen LogP contribution in [0.3, 0.4) is 0 Å². The summed E-state index contributed by atoms with van der Waals surface area (Å²) >= 11 is 1.25. The number of imidazole rings is 1. The molecule has 6 rings (SSSR count). The SMILES string of the molecule is Cc1noc(C)c1-c1ccn2c(-c3nc(O)cs3)c([C@@H]3CCCC(=O)N3c3ccc(F)c(F)c3)nc2c1. The molecule has 0 aliphatic carbocycles. The first-order valence-electron chi connectivity index (χ1n) is 11.7. The van der Waals surface area contributed by atoms with Crippen molar-refractivity contribution in [3.8, 4) is 27.7 Å². The number of aryl methyl sites for hydroxylation is 2. The van der Waals surface area contributed by atoms with Gasteiger partial charge in [-0.15, -0.1) is 11.3 Å². The monoisotopic (exact) mass is 521 g/mol. The van der Waals surface area contributed by atoms with E-state index in [0.29, 0.717) is 40.6 Å². The van der Waals surface area contributed by atoms with Gasteiger partial charge >= 0.3 is 0 Å². The molecule has 1 amide bonds. The van der Waals surface area contributed by atoms with Crippen LogP contribution in [0.25, 0.3) is 27.5 Å². The fraction of sp³-hybridized carbons (Fsp3) is 0.231. The first kappa shape index (κ1) is 23.3. The minimum atomic E-state index is -1.03. The number of fused-ring (bicyclic) bond motifs is 1. The summed E-state index contributed by atoms with van der Waals surface area (Å²) < 4.78 is 35.0. The van der Waals surface area contributed by atoms with Crippen molar-refractivity contribution in [2.24, 2.45) is 0 Å². The molecule has 1 aliphatic rings. The van der Waals surface area contributed by atoms with Gasteiger partial charge in [-0.25, -0.2) is 18.7 Å². The van der Waals surface area contributed by atoms with Crippen LogP contribution in [0, 0.1) is 25.5 Å². The van der Waals surface area contributed by atoms with Crippen LogP contribution in [0.4, 0.5) is 14.5 Å². The van der Waals surface area contributed by atoms with Gasteiger partial charge in [-0.1, -0.05) is 5.16 Å². The third kappa shape index (κ3) is 3.86. The van der Waals surface area contributed by atoms with Gasteiger partial charge in [0.25, 0.3) is 0 Å². The maximum Gasteiger partial charge on any atom is 0.227 e. The lowest BCUT2D eigenvalue weighted by Gasteiger charge is -2.35. The van der Waals surface area contributed by atoms with E-state index in [-0.39, 0.29) is 23.9 Å². The number of hydrogen-bond acceptors (Lipinski definition) is 7. The number of nitrogens with zero attached hydrogens (tertiary/aromatic N) is 5. The first-order valence-corrected chi connectivity index (χ1v) is 12.6. The quantitative estimate of drug-likeness (QED) is 0.313. The molecular formula is C26H21F2N5O3S. The van der Waals surface area contributed by atoms with E-state index in [2.05, 4.69) is 10.1 Å². The van der Waals surface area contributed by atoms with Crippen molar-refractivity contribution >= 4 is 28.6 Å². The number of piperidine rings is 1. The van der Waals surface area contributed by atoms with Crippen LogP contribution >= 0.6 is 11.3 Å². The molecule has 0 radical (unpaired) electrons. The number of carbonyl (C=O) groups is 1. The minimum absolute atomic E-state index is 0.120. The van der Waals surface area contributed by atoms with Gasteiger partial charge in [-0.3, -0.25) is 9.20 Å². The molecule has 1 N–H and O–H groups in total. The van der Waals surface area contributed by atoms with Crippen molar-refractivity contribution in [1.29, 1.82) is 0 Å². The van der Waals surface area contributed by atoms with E-state index >= 15 is 0 Å². The van der Waals surface area contributed by atoms with Crippen molar-refractivity contribution in [3.05, 3.63) is 70.7 Å². The predicted octanol–water partition coefficient (Wildman–Crippen LogP) is 5.97. The van der Waals surface area contributed by atoms with Crippen molar-refractivity contribution in [1.82, 2.24) is 19.5 Å². The molecule has 1 saturated heterocycles. The molecule has 188 valence electrons. The molecule has 1 fully saturated rings. The van der Waals surface area contributed by atoms with Crippen molar-refractivity contribution in [2.45, 2.75) is 39.2 Å². The lowest BCUT2D eigenvalue weighted by molar-refractivity contribution is -0.120. The number of aromatic hydroxyl groups is 1. The molecular weight excluding hydrogens is 500 g/mol. The molecule has 0 spiro atoms. The third-order valence-electron chi connectivity index (χ3n) is 6.62. The summed E-state index contributed by atoms with van der Waals surface area (Å²) in [4.78, 5) is 23.8. The van der Waals surface area contributed by atoms with Gasteiger partial charge in [0.05, 0.1) is 22.8 Å². The van der Waals surface area contributed by atoms with E-state index in [1.807, 2.05) is 36.6 Å². The molecule has 1 aromatic carbocycles. The van der Waals surface area contributed by atoms with Crippen LogP contribution in [-0.4, -0.2) is 30.5 Å². The Bertz CT molecular complexity index is 1650. The summed E-state index contributed by atoms with van der Waals surface area (Å²) in [6.07, 6.45) is 3.32. The van der Waals surface area contributed by atoms with E-state index in [0.717, 1.165) is 29.0 Å². The van der Waals surface area contributed by atoms with Gasteiger partial charge in [-0.05, 0) is 56.5 Å². The molecule has 1 aliphatic heterocycles. The highest BCUT2D eigenvalue weighted by Gasteiger charge is 2.36. The molecule has 5 aromatic rings. The Balaban J connectivity index is 1.56. The zero-order chi connectivity index (χ0) is 25.8. The zero-order valence-corrected chi connectivity index (χ0v) is 20.7. The summed E-state index contributed by atoms with van der Waals surface area (Å²) in [6, 6.07) is 6.72. The Kier molecular flexibility index (Phi) is 5.52. The maximum atomic E-state index is 14.2. The summed E-state index contributed by atoms with van der Waals surface area (Å²) in [7, 11) is 0. The fourth-order valence-corrected chi connectivity index (χ4v) is 5.75. The van der Waals surface area contributed by atoms with Crippen LogP contribution in [0.15, 0.2) is 46.4 Å². The van der Waals surface area contributed by atoms with Crippen LogP contribution in [0.5, 0.6) is 5.88 Å². The molecule has 5 heterocycles. The van der Waals surface area contributed by atoms with Crippen LogP contribution in [0.2, 0.25) is 0 Å². The lowest BCUT2D eigenvalue weighted by Crippen LogP contribution is -2.38. The topological polar surface area (TPSA) is 96.8 Å². The number of anilines is 1. The lowest BCUT2D eigenvalue weighted by atomic mass is 9.96. The average Bonchev–Trinajstić information content (AvgIpc) is 3.56. The van der Waals surface area contributed by atoms with E-state index in [9.17, 15) is 18.7 Å². The van der Waals surface area contributed by atoms with Crippen LogP contribution in [0.1, 0.15) is 42.5 Å². The summed E-state index contributed by atoms with van der Waals surface area (Å²) in [5.41, 5.74) is 4.53. The van der Waals surface area contributed by atoms with Crippen molar-refractivity contribution in [3.63, 3.8) is 0 Å². The average molecular weight is 522 g/mol. The molecule has 0 unspecified atom stereocenters. The summed E-state index contributed by atoms with van der Waals surface area (Å²) in [5, 5.41) is 16.1. The zero-order valence-electron chi connectivity index (χ0n) is 19.9. The Labute approximate surface area is 213 Å². The second-order valence-electron chi connectivity index (χ2n) is 8.97. The predicted molar refractivity (Wildman–Crippen MR) is 133 cm³/mol. The van der Waals surface area contributed by atoms with Gasteiger partial charge in [-0.2, -0.15) is 0 Å². The highest BCUT2D eigenvalue weighted by molar-refractivity contribution is 7.13. The normalized spacial score (nSPS) is 16.2. The Morgan fingerprint density at radius 2 is 1.97 bits per heavy atom. The standard InChI is InChI=1S/C26H21F2N5O3S/c1-13-23(14(2)36-31-13)15-8-9-32-20(10-15)29-24(25(32)26-30-21(34)12-37-26)19-4-3-5-22(35)33(19)16-6-7-17(27)18(28)11-16/h6-12,19,34H,3-5H2,1-2H3/t19-/m0/s1. The highest BCUT2D eigenvalue weighted by atomic mass is 32.1. The number of carbonyl (C=O) groups excluding carboxylic acids is 1. The van der Waals surface area contributed by atoms with Gasteiger partial charge in [0.15, 0.2) is 11.6 Å². The number of thiazole rings is 1. The van der Waals surface area contributed by atoms with E-state index in [4.69, 9.17) is 9.51 Å². The smallest absolute Gasteiger partial charge is 0.227 e. The second kappa shape index (κ2) is 8.77. The van der Waals surface area contributed by atoms with Gasteiger partial charge in [0.2, 0.25) is 11.8 Å². The Morgan fingerprint density at radius 3 is 2.68 bits per heavy atom.